The summed E-state index contributed by atoms with van der Waals surface area (Å²) in [5.74, 6) is -0.746. The zero-order chi connectivity index (χ0) is 10.8. The van der Waals surface area contributed by atoms with Crippen LogP contribution >= 0.6 is 11.3 Å². The summed E-state index contributed by atoms with van der Waals surface area (Å²) in [7, 11) is 0. The number of amides is 1. The van der Waals surface area contributed by atoms with Crippen LogP contribution in [0.25, 0.3) is 10.4 Å². The predicted molar refractivity (Wildman–Crippen MR) is 58.2 cm³/mol. The molecular formula is C11H8FNOS. The minimum Gasteiger partial charge on any atom is -0.365 e. The van der Waals surface area contributed by atoms with E-state index in [1.54, 1.807) is 24.3 Å². The summed E-state index contributed by atoms with van der Waals surface area (Å²) < 4.78 is 12.9. The minimum atomic E-state index is -0.456. The Labute approximate surface area is 90.2 Å². The number of halogens is 1. The number of carbonyl (C=O) groups is 1. The molecule has 76 valence electrons. The summed E-state index contributed by atoms with van der Waals surface area (Å²) in [5, 5.41) is 0. The highest BCUT2D eigenvalue weighted by Crippen LogP contribution is 2.28. The molecule has 1 heterocycles. The van der Waals surface area contributed by atoms with Gasteiger partial charge in [-0.2, -0.15) is 0 Å². The van der Waals surface area contributed by atoms with Crippen LogP contribution in [0.15, 0.2) is 36.4 Å². The van der Waals surface area contributed by atoms with Crippen molar-refractivity contribution in [1.29, 1.82) is 0 Å². The second kappa shape index (κ2) is 3.82. The van der Waals surface area contributed by atoms with E-state index in [2.05, 4.69) is 0 Å². The van der Waals surface area contributed by atoms with Gasteiger partial charge in [-0.3, -0.25) is 4.79 Å². The molecule has 0 saturated carbocycles. The van der Waals surface area contributed by atoms with Crippen LogP contribution in [0.3, 0.4) is 0 Å². The molecule has 1 aromatic carbocycles. The maximum absolute atomic E-state index is 12.9. The van der Waals surface area contributed by atoms with Gasteiger partial charge in [0, 0.05) is 4.88 Å². The maximum atomic E-state index is 12.9. The lowest BCUT2D eigenvalue weighted by Crippen LogP contribution is -2.07. The van der Waals surface area contributed by atoms with Gasteiger partial charge in [-0.25, -0.2) is 4.39 Å². The lowest BCUT2D eigenvalue weighted by molar-refractivity contribution is 0.100. The van der Waals surface area contributed by atoms with Crippen LogP contribution in [-0.2, 0) is 0 Å². The second-order valence-electron chi connectivity index (χ2n) is 3.04. The fourth-order valence-electron chi connectivity index (χ4n) is 1.27. The number of primary amides is 1. The van der Waals surface area contributed by atoms with Crippen molar-refractivity contribution in [2.45, 2.75) is 0 Å². The number of hydrogen-bond donors (Lipinski definition) is 1. The lowest BCUT2D eigenvalue weighted by atomic mass is 10.2. The molecule has 0 aliphatic rings. The van der Waals surface area contributed by atoms with E-state index in [1.807, 2.05) is 0 Å². The molecule has 0 fully saturated rings. The van der Waals surface area contributed by atoms with Crippen LogP contribution in [-0.4, -0.2) is 5.91 Å². The molecule has 0 saturated heterocycles. The molecule has 0 spiro atoms. The van der Waals surface area contributed by atoms with Gasteiger partial charge >= 0.3 is 0 Å². The standard InChI is InChI=1S/C11H8FNOS/c12-8-3-1-2-7(6-8)9-4-5-10(15-9)11(13)14/h1-6H,(H2,13,14). The predicted octanol–water partition coefficient (Wildman–Crippen LogP) is 2.65. The topological polar surface area (TPSA) is 43.1 Å². The van der Waals surface area contributed by atoms with E-state index >= 15 is 0 Å². The highest BCUT2D eigenvalue weighted by atomic mass is 32.1. The van der Waals surface area contributed by atoms with E-state index < -0.39 is 5.91 Å². The summed E-state index contributed by atoms with van der Waals surface area (Å²) in [6.45, 7) is 0. The average molecular weight is 221 g/mol. The van der Waals surface area contributed by atoms with Gasteiger partial charge in [-0.15, -0.1) is 11.3 Å². The normalized spacial score (nSPS) is 10.2. The van der Waals surface area contributed by atoms with E-state index in [0.717, 1.165) is 10.4 Å². The van der Waals surface area contributed by atoms with Crippen LogP contribution in [0, 0.1) is 5.82 Å². The van der Waals surface area contributed by atoms with Crippen LogP contribution in [0.5, 0.6) is 0 Å². The number of hydrogen-bond acceptors (Lipinski definition) is 2. The molecule has 15 heavy (non-hydrogen) atoms. The third kappa shape index (κ3) is 2.05. The molecule has 2 nitrogen and oxygen atoms in total. The molecule has 2 rings (SSSR count). The Bertz CT molecular complexity index is 507. The Morgan fingerprint density at radius 1 is 1.27 bits per heavy atom. The number of nitrogens with two attached hydrogens (primary N) is 1. The Kier molecular flexibility index (Phi) is 2.51. The zero-order valence-electron chi connectivity index (χ0n) is 7.74. The first-order valence-corrected chi connectivity index (χ1v) is 5.14. The highest BCUT2D eigenvalue weighted by molar-refractivity contribution is 7.17. The van der Waals surface area contributed by atoms with Gasteiger partial charge in [-0.05, 0) is 29.8 Å². The van der Waals surface area contributed by atoms with Gasteiger partial charge in [0.25, 0.3) is 5.91 Å². The lowest BCUT2D eigenvalue weighted by Gasteiger charge is -1.96. The fraction of sp³-hybridized carbons (Fsp3) is 0. The molecule has 2 N–H and O–H groups in total. The first kappa shape index (κ1) is 9.86. The smallest absolute Gasteiger partial charge is 0.258 e. The largest absolute Gasteiger partial charge is 0.365 e. The molecule has 1 amide bonds. The molecule has 4 heteroatoms. The van der Waals surface area contributed by atoms with E-state index in [4.69, 9.17) is 5.73 Å². The van der Waals surface area contributed by atoms with Gasteiger partial charge in [0.2, 0.25) is 0 Å². The van der Waals surface area contributed by atoms with Gasteiger partial charge in [0.15, 0.2) is 0 Å². The van der Waals surface area contributed by atoms with E-state index in [1.165, 1.54) is 23.5 Å². The van der Waals surface area contributed by atoms with Gasteiger partial charge in [0.05, 0.1) is 4.88 Å². The molecule has 0 aliphatic carbocycles. The molecule has 0 unspecified atom stereocenters. The molecule has 0 radical (unpaired) electrons. The Morgan fingerprint density at radius 3 is 2.67 bits per heavy atom. The van der Waals surface area contributed by atoms with Crippen LogP contribution in [0.1, 0.15) is 9.67 Å². The first-order chi connectivity index (χ1) is 7.16. The summed E-state index contributed by atoms with van der Waals surface area (Å²) in [4.78, 5) is 12.2. The molecule has 1 aromatic heterocycles. The summed E-state index contributed by atoms with van der Waals surface area (Å²) in [6, 6.07) is 9.64. The quantitative estimate of drug-likeness (QED) is 0.832. The third-order valence-corrected chi connectivity index (χ3v) is 3.11. The van der Waals surface area contributed by atoms with E-state index in [9.17, 15) is 9.18 Å². The SMILES string of the molecule is NC(=O)c1ccc(-c2cccc(F)c2)s1. The molecule has 0 atom stereocenters. The van der Waals surface area contributed by atoms with Crippen LogP contribution < -0.4 is 5.73 Å². The fourth-order valence-corrected chi connectivity index (χ4v) is 2.12. The summed E-state index contributed by atoms with van der Waals surface area (Å²) in [5.41, 5.74) is 5.89. The van der Waals surface area contributed by atoms with Crippen molar-refractivity contribution in [1.82, 2.24) is 0 Å². The Balaban J connectivity index is 2.41. The first-order valence-electron chi connectivity index (χ1n) is 4.32. The molecule has 0 aliphatic heterocycles. The summed E-state index contributed by atoms with van der Waals surface area (Å²) in [6.07, 6.45) is 0. The van der Waals surface area contributed by atoms with Crippen molar-refractivity contribution in [3.8, 4) is 10.4 Å². The zero-order valence-corrected chi connectivity index (χ0v) is 8.55. The van der Waals surface area contributed by atoms with Crippen molar-refractivity contribution < 1.29 is 9.18 Å². The van der Waals surface area contributed by atoms with Crippen molar-refractivity contribution >= 4 is 17.2 Å². The number of rotatable bonds is 2. The van der Waals surface area contributed by atoms with Gasteiger partial charge in [0.1, 0.15) is 5.82 Å². The summed E-state index contributed by atoms with van der Waals surface area (Å²) >= 11 is 1.26. The van der Waals surface area contributed by atoms with E-state index in [0.29, 0.717) is 4.88 Å². The number of thiophene rings is 1. The minimum absolute atomic E-state index is 0.290. The highest BCUT2D eigenvalue weighted by Gasteiger charge is 2.06. The third-order valence-electron chi connectivity index (χ3n) is 1.96. The van der Waals surface area contributed by atoms with Crippen molar-refractivity contribution in [2.24, 2.45) is 5.73 Å². The van der Waals surface area contributed by atoms with Crippen LogP contribution in [0.2, 0.25) is 0 Å². The molecule has 0 bridgehead atoms. The molecule has 2 aromatic rings. The van der Waals surface area contributed by atoms with Gasteiger partial charge in [-0.1, -0.05) is 12.1 Å². The van der Waals surface area contributed by atoms with Crippen molar-refractivity contribution in [3.63, 3.8) is 0 Å². The van der Waals surface area contributed by atoms with E-state index in [-0.39, 0.29) is 5.82 Å². The maximum Gasteiger partial charge on any atom is 0.258 e. The van der Waals surface area contributed by atoms with Crippen molar-refractivity contribution in [2.75, 3.05) is 0 Å². The monoisotopic (exact) mass is 221 g/mol. The number of carbonyl (C=O) groups excluding carboxylic acids is 1. The Morgan fingerprint density at radius 2 is 2.07 bits per heavy atom. The van der Waals surface area contributed by atoms with Crippen LogP contribution in [0.4, 0.5) is 4.39 Å². The van der Waals surface area contributed by atoms with Crippen molar-refractivity contribution in [3.05, 3.63) is 47.1 Å². The number of benzene rings is 1. The average Bonchev–Trinajstić information content (AvgIpc) is 2.66. The Hall–Kier alpha value is -1.68. The molecular weight excluding hydrogens is 213 g/mol. The second-order valence-corrected chi connectivity index (χ2v) is 4.12. The van der Waals surface area contributed by atoms with Gasteiger partial charge < -0.3 is 5.73 Å².